The van der Waals surface area contributed by atoms with Crippen molar-refractivity contribution in [2.45, 2.75) is 13.3 Å². The van der Waals surface area contributed by atoms with Gasteiger partial charge in [0, 0.05) is 6.42 Å². The van der Waals surface area contributed by atoms with E-state index in [1.165, 1.54) is 33.4 Å². The lowest BCUT2D eigenvalue weighted by atomic mass is 9.93. The molecule has 21 heavy (non-hydrogen) atoms. The zero-order valence-electron chi connectivity index (χ0n) is 12.0. The summed E-state index contributed by atoms with van der Waals surface area (Å²) in [5, 5.41) is 0. The average molecular weight is 272 g/mol. The zero-order chi connectivity index (χ0) is 14.2. The molecule has 0 atom stereocenters. The van der Waals surface area contributed by atoms with E-state index < -0.39 is 0 Å². The van der Waals surface area contributed by atoms with E-state index in [0.717, 1.165) is 12.2 Å². The lowest BCUT2D eigenvalue weighted by Crippen LogP contribution is -1.91. The molecule has 0 spiro atoms. The molecule has 1 aliphatic rings. The van der Waals surface area contributed by atoms with Crippen LogP contribution in [0, 0.1) is 6.92 Å². The molecule has 1 aliphatic carbocycles. The van der Waals surface area contributed by atoms with Gasteiger partial charge in [0.25, 0.3) is 0 Å². The fraction of sp³-hybridized carbons (Fsp3) is 0.100. The Kier molecular flexibility index (Phi) is 2.78. The molecule has 2 aromatic carbocycles. The van der Waals surface area contributed by atoms with Crippen molar-refractivity contribution in [1.82, 2.24) is 0 Å². The molecule has 0 amide bonds. The van der Waals surface area contributed by atoms with Gasteiger partial charge in [0.15, 0.2) is 0 Å². The zero-order valence-corrected chi connectivity index (χ0v) is 12.0. The van der Waals surface area contributed by atoms with E-state index in [1.54, 1.807) is 6.26 Å². The first-order chi connectivity index (χ1) is 10.3. The summed E-state index contributed by atoms with van der Waals surface area (Å²) in [6.45, 7) is 2.18. The van der Waals surface area contributed by atoms with Gasteiger partial charge in [-0.05, 0) is 58.5 Å². The number of allylic oxidation sites excluding steroid dienone is 1. The Hall–Kier alpha value is -2.54. The van der Waals surface area contributed by atoms with Crippen LogP contribution in [0.2, 0.25) is 0 Å². The summed E-state index contributed by atoms with van der Waals surface area (Å²) in [5.41, 5.74) is 7.92. The number of benzene rings is 2. The van der Waals surface area contributed by atoms with E-state index in [2.05, 4.69) is 55.5 Å². The van der Waals surface area contributed by atoms with Crippen molar-refractivity contribution in [1.29, 1.82) is 0 Å². The van der Waals surface area contributed by atoms with E-state index >= 15 is 0 Å². The van der Waals surface area contributed by atoms with Crippen LogP contribution >= 0.6 is 0 Å². The number of furan rings is 1. The maximum Gasteiger partial charge on any atom is 0.130 e. The fourth-order valence-corrected chi connectivity index (χ4v) is 3.13. The fourth-order valence-electron chi connectivity index (χ4n) is 3.13. The molecule has 1 nitrogen and oxygen atoms in total. The second-order valence-corrected chi connectivity index (χ2v) is 5.52. The Morgan fingerprint density at radius 1 is 0.905 bits per heavy atom. The van der Waals surface area contributed by atoms with Gasteiger partial charge in [-0.1, -0.05) is 42.5 Å². The van der Waals surface area contributed by atoms with Crippen LogP contribution in [-0.4, -0.2) is 0 Å². The molecule has 0 fully saturated rings. The summed E-state index contributed by atoms with van der Waals surface area (Å²) in [7, 11) is 0. The van der Waals surface area contributed by atoms with E-state index in [0.29, 0.717) is 0 Å². The molecule has 1 aromatic heterocycles. The smallest absolute Gasteiger partial charge is 0.130 e. The largest absolute Gasteiger partial charge is 0.465 e. The van der Waals surface area contributed by atoms with Crippen LogP contribution in [0.5, 0.6) is 0 Å². The number of hydrogen-bond donors (Lipinski definition) is 0. The molecule has 0 radical (unpaired) electrons. The Bertz CT molecular complexity index is 809. The first-order valence-electron chi connectivity index (χ1n) is 7.25. The van der Waals surface area contributed by atoms with Crippen molar-refractivity contribution in [2.24, 2.45) is 0 Å². The highest BCUT2D eigenvalue weighted by Crippen LogP contribution is 2.39. The molecule has 0 saturated carbocycles. The number of rotatable bonds is 2. The first-order valence-corrected chi connectivity index (χ1v) is 7.25. The predicted octanol–water partition coefficient (Wildman–Crippen LogP) is 5.35. The second-order valence-electron chi connectivity index (χ2n) is 5.52. The Balaban J connectivity index is 1.90. The van der Waals surface area contributed by atoms with E-state index in [-0.39, 0.29) is 0 Å². The van der Waals surface area contributed by atoms with Crippen LogP contribution < -0.4 is 0 Å². The molecule has 1 heteroatoms. The van der Waals surface area contributed by atoms with Crippen LogP contribution in [0.4, 0.5) is 0 Å². The number of aryl methyl sites for hydroxylation is 1. The van der Waals surface area contributed by atoms with Crippen molar-refractivity contribution in [2.75, 3.05) is 0 Å². The third kappa shape index (κ3) is 2.02. The summed E-state index contributed by atoms with van der Waals surface area (Å²) in [6.07, 6.45) is 4.97. The SMILES string of the molecule is Cc1ccc2c(c1-c1ccccc1)C=C(c1ccco1)C2. The van der Waals surface area contributed by atoms with Crippen molar-refractivity contribution in [3.8, 4) is 11.1 Å². The summed E-state index contributed by atoms with van der Waals surface area (Å²) < 4.78 is 5.56. The summed E-state index contributed by atoms with van der Waals surface area (Å²) in [5.74, 6) is 0.975. The van der Waals surface area contributed by atoms with Crippen LogP contribution in [0.25, 0.3) is 22.8 Å². The van der Waals surface area contributed by atoms with Crippen LogP contribution in [-0.2, 0) is 6.42 Å². The Morgan fingerprint density at radius 3 is 2.52 bits per heavy atom. The summed E-state index contributed by atoms with van der Waals surface area (Å²) >= 11 is 0. The first kappa shape index (κ1) is 12.2. The van der Waals surface area contributed by atoms with Gasteiger partial charge >= 0.3 is 0 Å². The van der Waals surface area contributed by atoms with Gasteiger partial charge in [-0.3, -0.25) is 0 Å². The molecule has 0 unspecified atom stereocenters. The quantitative estimate of drug-likeness (QED) is 0.612. The average Bonchev–Trinajstić information content (AvgIpc) is 3.17. The lowest BCUT2D eigenvalue weighted by molar-refractivity contribution is 0.552. The van der Waals surface area contributed by atoms with Gasteiger partial charge in [0.05, 0.1) is 6.26 Å². The molecular weight excluding hydrogens is 256 g/mol. The molecule has 0 bridgehead atoms. The van der Waals surface area contributed by atoms with Crippen LogP contribution in [0.15, 0.2) is 65.3 Å². The van der Waals surface area contributed by atoms with E-state index in [4.69, 9.17) is 4.42 Å². The van der Waals surface area contributed by atoms with Crippen LogP contribution in [0.1, 0.15) is 22.5 Å². The van der Waals surface area contributed by atoms with Crippen molar-refractivity contribution in [3.05, 3.63) is 83.3 Å². The van der Waals surface area contributed by atoms with Gasteiger partial charge in [0.2, 0.25) is 0 Å². The minimum atomic E-state index is 0.947. The molecule has 102 valence electrons. The van der Waals surface area contributed by atoms with E-state index in [1.807, 2.05) is 12.1 Å². The minimum absolute atomic E-state index is 0.947. The lowest BCUT2D eigenvalue weighted by Gasteiger charge is -2.11. The summed E-state index contributed by atoms with van der Waals surface area (Å²) in [6, 6.07) is 19.1. The molecule has 1 heterocycles. The van der Waals surface area contributed by atoms with Crippen molar-refractivity contribution < 1.29 is 4.42 Å². The van der Waals surface area contributed by atoms with Gasteiger partial charge in [-0.2, -0.15) is 0 Å². The highest BCUT2D eigenvalue weighted by atomic mass is 16.3. The molecule has 0 saturated heterocycles. The maximum absolute atomic E-state index is 5.56. The number of hydrogen-bond acceptors (Lipinski definition) is 1. The third-order valence-corrected chi connectivity index (χ3v) is 4.14. The number of fused-ring (bicyclic) bond motifs is 1. The monoisotopic (exact) mass is 272 g/mol. The Morgan fingerprint density at radius 2 is 1.76 bits per heavy atom. The van der Waals surface area contributed by atoms with E-state index in [9.17, 15) is 0 Å². The standard InChI is InChI=1S/C20H16O/c1-14-9-10-16-12-17(19-8-5-11-21-19)13-18(16)20(14)15-6-3-2-4-7-15/h2-11,13H,12H2,1H3. The highest BCUT2D eigenvalue weighted by Gasteiger charge is 2.20. The predicted molar refractivity (Wildman–Crippen MR) is 86.9 cm³/mol. The normalized spacial score (nSPS) is 13.1. The summed E-state index contributed by atoms with van der Waals surface area (Å²) in [4.78, 5) is 0. The van der Waals surface area contributed by atoms with Gasteiger partial charge < -0.3 is 4.42 Å². The van der Waals surface area contributed by atoms with Crippen molar-refractivity contribution >= 4 is 11.6 Å². The van der Waals surface area contributed by atoms with Gasteiger partial charge in [-0.15, -0.1) is 0 Å². The van der Waals surface area contributed by atoms with Gasteiger partial charge in [-0.25, -0.2) is 0 Å². The molecule has 3 aromatic rings. The Labute approximate surface area is 124 Å². The second kappa shape index (κ2) is 4.78. The van der Waals surface area contributed by atoms with Crippen molar-refractivity contribution in [3.63, 3.8) is 0 Å². The highest BCUT2D eigenvalue weighted by molar-refractivity contribution is 5.93. The van der Waals surface area contributed by atoms with Gasteiger partial charge in [0.1, 0.15) is 5.76 Å². The maximum atomic E-state index is 5.56. The molecular formula is C20H16O. The topological polar surface area (TPSA) is 13.1 Å². The minimum Gasteiger partial charge on any atom is -0.465 e. The third-order valence-electron chi connectivity index (χ3n) is 4.14. The molecule has 4 rings (SSSR count). The molecule has 0 aliphatic heterocycles. The molecule has 0 N–H and O–H groups in total. The van der Waals surface area contributed by atoms with Crippen LogP contribution in [0.3, 0.4) is 0 Å².